The standard InChI is InChI=1S/C13H15N3O2/c1-8-5-11-12(18-4-2-3-17-11)6-9(8)10-7-15-16-13(10)14/h5-7H,2-4H2,1H3,(H3,14,15,16). The summed E-state index contributed by atoms with van der Waals surface area (Å²) >= 11 is 0. The Morgan fingerprint density at radius 1 is 1.17 bits per heavy atom. The third kappa shape index (κ3) is 1.77. The van der Waals surface area contributed by atoms with Gasteiger partial charge in [0, 0.05) is 12.0 Å². The van der Waals surface area contributed by atoms with Crippen LogP contribution in [0.1, 0.15) is 12.0 Å². The Balaban J connectivity index is 2.11. The summed E-state index contributed by atoms with van der Waals surface area (Å²) in [6, 6.07) is 3.96. The largest absolute Gasteiger partial charge is 0.490 e. The number of ether oxygens (including phenoxy) is 2. The second-order valence-corrected chi connectivity index (χ2v) is 4.36. The number of nitrogens with one attached hydrogen (secondary N) is 1. The van der Waals surface area contributed by atoms with Crippen LogP contribution in [0.15, 0.2) is 18.3 Å². The third-order valence-electron chi connectivity index (χ3n) is 3.05. The molecule has 3 N–H and O–H groups in total. The van der Waals surface area contributed by atoms with Crippen molar-refractivity contribution in [1.29, 1.82) is 0 Å². The first-order valence-electron chi connectivity index (χ1n) is 5.95. The van der Waals surface area contributed by atoms with Crippen LogP contribution in [0.4, 0.5) is 5.82 Å². The van der Waals surface area contributed by atoms with Crippen molar-refractivity contribution in [2.75, 3.05) is 18.9 Å². The summed E-state index contributed by atoms with van der Waals surface area (Å²) in [5.74, 6) is 2.14. The number of nitrogen functional groups attached to an aromatic ring is 1. The fourth-order valence-corrected chi connectivity index (χ4v) is 2.11. The van der Waals surface area contributed by atoms with E-state index in [0.29, 0.717) is 19.0 Å². The number of nitrogens with zero attached hydrogens (tertiary/aromatic N) is 1. The van der Waals surface area contributed by atoms with Gasteiger partial charge in [-0.05, 0) is 30.2 Å². The fourth-order valence-electron chi connectivity index (χ4n) is 2.11. The maximum atomic E-state index is 5.86. The van der Waals surface area contributed by atoms with Gasteiger partial charge in [-0.1, -0.05) is 0 Å². The molecule has 5 heteroatoms. The second kappa shape index (κ2) is 4.25. The Bertz CT molecular complexity index is 578. The molecule has 0 amide bonds. The molecule has 94 valence electrons. The smallest absolute Gasteiger partial charge is 0.161 e. The Kier molecular flexibility index (Phi) is 2.59. The van der Waals surface area contributed by atoms with E-state index >= 15 is 0 Å². The first-order valence-corrected chi connectivity index (χ1v) is 5.95. The van der Waals surface area contributed by atoms with Gasteiger partial charge in [0.1, 0.15) is 5.82 Å². The van der Waals surface area contributed by atoms with E-state index in [1.54, 1.807) is 6.20 Å². The summed E-state index contributed by atoms with van der Waals surface area (Å²) in [5, 5.41) is 6.69. The van der Waals surface area contributed by atoms with E-state index in [1.165, 1.54) is 0 Å². The van der Waals surface area contributed by atoms with E-state index in [2.05, 4.69) is 10.2 Å². The molecule has 0 atom stereocenters. The molecule has 0 radical (unpaired) electrons. The minimum atomic E-state index is 0.563. The number of aryl methyl sites for hydroxylation is 1. The number of fused-ring (bicyclic) bond motifs is 1. The Labute approximate surface area is 105 Å². The molecule has 0 spiro atoms. The summed E-state index contributed by atoms with van der Waals surface area (Å²) in [6.45, 7) is 3.40. The number of rotatable bonds is 1. The van der Waals surface area contributed by atoms with Gasteiger partial charge in [0.2, 0.25) is 0 Å². The number of nitrogens with two attached hydrogens (primary N) is 1. The molecule has 0 fully saturated rings. The monoisotopic (exact) mass is 245 g/mol. The van der Waals surface area contributed by atoms with E-state index in [4.69, 9.17) is 15.2 Å². The highest BCUT2D eigenvalue weighted by Gasteiger charge is 2.15. The van der Waals surface area contributed by atoms with Gasteiger partial charge in [-0.15, -0.1) is 0 Å². The van der Waals surface area contributed by atoms with Gasteiger partial charge in [-0.2, -0.15) is 5.10 Å². The predicted molar refractivity (Wildman–Crippen MR) is 68.8 cm³/mol. The van der Waals surface area contributed by atoms with Crippen LogP contribution in [0.3, 0.4) is 0 Å². The van der Waals surface area contributed by atoms with Gasteiger partial charge in [-0.25, -0.2) is 0 Å². The number of aromatic amines is 1. The molecule has 0 saturated heterocycles. The first kappa shape index (κ1) is 11.0. The number of aromatic nitrogens is 2. The number of H-pyrrole nitrogens is 1. The molecule has 2 heterocycles. The van der Waals surface area contributed by atoms with Gasteiger partial charge >= 0.3 is 0 Å². The maximum Gasteiger partial charge on any atom is 0.161 e. The highest BCUT2D eigenvalue weighted by Crippen LogP contribution is 2.38. The van der Waals surface area contributed by atoms with Crippen LogP contribution in [0, 0.1) is 6.92 Å². The normalized spacial score (nSPS) is 14.3. The second-order valence-electron chi connectivity index (χ2n) is 4.36. The summed E-state index contributed by atoms with van der Waals surface area (Å²) < 4.78 is 11.3. The van der Waals surface area contributed by atoms with Crippen molar-refractivity contribution in [3.8, 4) is 22.6 Å². The van der Waals surface area contributed by atoms with Gasteiger partial charge in [0.05, 0.1) is 19.4 Å². The minimum Gasteiger partial charge on any atom is -0.490 e. The zero-order valence-corrected chi connectivity index (χ0v) is 10.2. The molecule has 5 nitrogen and oxygen atoms in total. The fraction of sp³-hybridized carbons (Fsp3) is 0.308. The van der Waals surface area contributed by atoms with E-state index < -0.39 is 0 Å². The SMILES string of the molecule is Cc1cc2c(cc1-c1cn[nH]c1N)OCCCO2. The number of anilines is 1. The van der Waals surface area contributed by atoms with Gasteiger partial charge in [0.15, 0.2) is 11.5 Å². The quantitative estimate of drug-likeness (QED) is 0.807. The first-order chi connectivity index (χ1) is 8.75. The van der Waals surface area contributed by atoms with Crippen LogP contribution in [-0.2, 0) is 0 Å². The lowest BCUT2D eigenvalue weighted by Gasteiger charge is -2.12. The van der Waals surface area contributed by atoms with Gasteiger partial charge in [0.25, 0.3) is 0 Å². The van der Waals surface area contributed by atoms with Crippen LogP contribution in [0.25, 0.3) is 11.1 Å². The lowest BCUT2D eigenvalue weighted by atomic mass is 10.0. The van der Waals surface area contributed by atoms with E-state index in [-0.39, 0.29) is 0 Å². The summed E-state index contributed by atoms with van der Waals surface area (Å²) in [5.41, 5.74) is 8.86. The maximum absolute atomic E-state index is 5.86. The predicted octanol–water partition coefficient (Wildman–Crippen LogP) is 2.13. The number of benzene rings is 1. The molecule has 0 unspecified atom stereocenters. The average Bonchev–Trinajstić information content (AvgIpc) is 2.64. The molecular weight excluding hydrogens is 230 g/mol. The highest BCUT2D eigenvalue weighted by atomic mass is 16.5. The summed E-state index contributed by atoms with van der Waals surface area (Å²) in [4.78, 5) is 0. The lowest BCUT2D eigenvalue weighted by molar-refractivity contribution is 0.297. The Morgan fingerprint density at radius 2 is 1.89 bits per heavy atom. The molecule has 0 bridgehead atoms. The molecule has 0 saturated carbocycles. The van der Waals surface area contributed by atoms with E-state index in [0.717, 1.165) is 34.6 Å². The van der Waals surface area contributed by atoms with Crippen molar-refractivity contribution in [2.24, 2.45) is 0 Å². The molecule has 0 aliphatic carbocycles. The summed E-state index contributed by atoms with van der Waals surface area (Å²) in [6.07, 6.45) is 2.62. The van der Waals surface area contributed by atoms with Crippen molar-refractivity contribution < 1.29 is 9.47 Å². The van der Waals surface area contributed by atoms with Crippen molar-refractivity contribution >= 4 is 5.82 Å². The van der Waals surface area contributed by atoms with Crippen molar-refractivity contribution in [3.63, 3.8) is 0 Å². The zero-order chi connectivity index (χ0) is 12.5. The Morgan fingerprint density at radius 3 is 2.56 bits per heavy atom. The third-order valence-corrected chi connectivity index (χ3v) is 3.05. The molecule has 1 aromatic carbocycles. The molecule has 1 aliphatic heterocycles. The van der Waals surface area contributed by atoms with Gasteiger partial charge < -0.3 is 15.2 Å². The minimum absolute atomic E-state index is 0.563. The molecule has 18 heavy (non-hydrogen) atoms. The number of hydrogen-bond acceptors (Lipinski definition) is 4. The van der Waals surface area contributed by atoms with Crippen LogP contribution in [0.5, 0.6) is 11.5 Å². The lowest BCUT2D eigenvalue weighted by Crippen LogP contribution is -1.97. The zero-order valence-electron chi connectivity index (χ0n) is 10.2. The van der Waals surface area contributed by atoms with Crippen LogP contribution >= 0.6 is 0 Å². The highest BCUT2D eigenvalue weighted by molar-refractivity contribution is 5.77. The van der Waals surface area contributed by atoms with Crippen LogP contribution in [-0.4, -0.2) is 23.4 Å². The molecule has 2 aromatic rings. The van der Waals surface area contributed by atoms with E-state index in [9.17, 15) is 0 Å². The molecular formula is C13H15N3O2. The summed E-state index contributed by atoms with van der Waals surface area (Å²) in [7, 11) is 0. The van der Waals surface area contributed by atoms with Gasteiger partial charge in [-0.3, -0.25) is 5.10 Å². The molecule has 3 rings (SSSR count). The van der Waals surface area contributed by atoms with E-state index in [1.807, 2.05) is 19.1 Å². The van der Waals surface area contributed by atoms with Crippen molar-refractivity contribution in [2.45, 2.75) is 13.3 Å². The van der Waals surface area contributed by atoms with Crippen molar-refractivity contribution in [3.05, 3.63) is 23.9 Å². The topological polar surface area (TPSA) is 73.2 Å². The van der Waals surface area contributed by atoms with Crippen molar-refractivity contribution in [1.82, 2.24) is 10.2 Å². The molecule has 1 aromatic heterocycles. The van der Waals surface area contributed by atoms with Crippen LogP contribution in [0.2, 0.25) is 0 Å². The Hall–Kier alpha value is -2.17. The molecule has 1 aliphatic rings. The van der Waals surface area contributed by atoms with Crippen LogP contribution < -0.4 is 15.2 Å². The number of hydrogen-bond donors (Lipinski definition) is 2. The average molecular weight is 245 g/mol.